The molecule has 0 N–H and O–H groups in total. The highest BCUT2D eigenvalue weighted by Gasteiger charge is 2.15. The van der Waals surface area contributed by atoms with Gasteiger partial charge in [0, 0.05) is 10.6 Å². The van der Waals surface area contributed by atoms with E-state index < -0.39 is 0 Å². The predicted octanol–water partition coefficient (Wildman–Crippen LogP) is 3.12. The Morgan fingerprint density at radius 1 is 1.47 bits per heavy atom. The molecule has 74 valence electrons. The van der Waals surface area contributed by atoms with Gasteiger partial charge in [0.05, 0.1) is 12.5 Å². The van der Waals surface area contributed by atoms with Crippen molar-refractivity contribution >= 4 is 17.4 Å². The fourth-order valence-corrected chi connectivity index (χ4v) is 1.47. The number of aliphatic imine (C=N–C) groups is 1. The van der Waals surface area contributed by atoms with Gasteiger partial charge in [0.2, 0.25) is 0 Å². The monoisotopic (exact) mass is 218 g/mol. The van der Waals surface area contributed by atoms with Crippen LogP contribution in [0, 0.1) is 11.3 Å². The molecule has 0 radical (unpaired) electrons. The molecule has 0 fully saturated rings. The quantitative estimate of drug-likeness (QED) is 0.752. The second-order valence-corrected chi connectivity index (χ2v) is 3.46. The smallest absolute Gasteiger partial charge is 0.188 e. The molecule has 0 aromatic heterocycles. The van der Waals surface area contributed by atoms with Crippen LogP contribution in [0.1, 0.15) is 18.2 Å². The van der Waals surface area contributed by atoms with Crippen molar-refractivity contribution in [1.29, 1.82) is 5.26 Å². The summed E-state index contributed by atoms with van der Waals surface area (Å²) in [6.07, 6.45) is -0.146. The summed E-state index contributed by atoms with van der Waals surface area (Å²) in [5.74, 6) is 0.475. The molecule has 0 unspecified atom stereocenters. The van der Waals surface area contributed by atoms with E-state index in [1.807, 2.05) is 18.2 Å². The lowest BCUT2D eigenvalue weighted by Gasteiger charge is -2.02. The van der Waals surface area contributed by atoms with Gasteiger partial charge in [-0.25, -0.2) is 4.99 Å². The number of azo groups is 1. The second kappa shape index (κ2) is 4.20. The zero-order valence-electron chi connectivity index (χ0n) is 7.76. The first-order chi connectivity index (χ1) is 7.29. The van der Waals surface area contributed by atoms with Crippen molar-refractivity contribution in [3.63, 3.8) is 0 Å². The van der Waals surface area contributed by atoms with Gasteiger partial charge in [-0.15, -0.1) is 5.11 Å². The number of nitrogens with zero attached hydrogens (tertiary/aromatic N) is 4. The second-order valence-electron chi connectivity index (χ2n) is 3.02. The maximum absolute atomic E-state index is 8.47. The van der Waals surface area contributed by atoms with Crippen LogP contribution in [-0.2, 0) is 0 Å². The van der Waals surface area contributed by atoms with Gasteiger partial charge >= 0.3 is 0 Å². The zero-order valence-corrected chi connectivity index (χ0v) is 8.52. The summed E-state index contributed by atoms with van der Waals surface area (Å²) in [4.78, 5) is 4.19. The summed E-state index contributed by atoms with van der Waals surface area (Å²) in [6, 6.07) is 9.29. The summed E-state index contributed by atoms with van der Waals surface area (Å²) >= 11 is 5.85. The number of benzene rings is 1. The van der Waals surface area contributed by atoms with Gasteiger partial charge < -0.3 is 0 Å². The first-order valence-electron chi connectivity index (χ1n) is 4.39. The molecular formula is C10H7ClN4. The van der Waals surface area contributed by atoms with Gasteiger partial charge in [0.15, 0.2) is 12.0 Å². The minimum absolute atomic E-state index is 0.195. The maximum atomic E-state index is 8.47. The van der Waals surface area contributed by atoms with E-state index in [0.717, 1.165) is 5.56 Å². The Kier molecular flexibility index (Phi) is 2.75. The van der Waals surface area contributed by atoms with Crippen LogP contribution in [-0.4, -0.2) is 5.84 Å². The Labute approximate surface area is 91.9 Å². The molecule has 0 aliphatic carbocycles. The van der Waals surface area contributed by atoms with Crippen LogP contribution in [0.3, 0.4) is 0 Å². The first kappa shape index (κ1) is 9.81. The Morgan fingerprint density at radius 3 is 3.07 bits per heavy atom. The van der Waals surface area contributed by atoms with Crippen LogP contribution in [0.4, 0.5) is 0 Å². The third-order valence-corrected chi connectivity index (χ3v) is 2.17. The molecule has 1 atom stereocenters. The van der Waals surface area contributed by atoms with Crippen molar-refractivity contribution in [2.75, 3.05) is 0 Å². The fourth-order valence-electron chi connectivity index (χ4n) is 1.27. The summed E-state index contributed by atoms with van der Waals surface area (Å²) in [5.41, 5.74) is 0.888. The Morgan fingerprint density at radius 2 is 2.33 bits per heavy atom. The van der Waals surface area contributed by atoms with Gasteiger partial charge in [-0.2, -0.15) is 10.4 Å². The number of nitriles is 1. The third kappa shape index (κ3) is 2.20. The van der Waals surface area contributed by atoms with Crippen molar-refractivity contribution in [1.82, 2.24) is 0 Å². The van der Waals surface area contributed by atoms with E-state index in [-0.39, 0.29) is 12.6 Å². The van der Waals surface area contributed by atoms with Gasteiger partial charge in [-0.05, 0) is 12.1 Å². The molecule has 0 amide bonds. The van der Waals surface area contributed by atoms with Gasteiger partial charge in [-0.1, -0.05) is 23.7 Å². The maximum Gasteiger partial charge on any atom is 0.188 e. The average Bonchev–Trinajstić information content (AvgIpc) is 2.67. The van der Waals surface area contributed by atoms with Crippen molar-refractivity contribution in [3.8, 4) is 6.07 Å². The molecule has 15 heavy (non-hydrogen) atoms. The fraction of sp³-hybridized carbons (Fsp3) is 0.200. The molecule has 0 bridgehead atoms. The molecule has 4 nitrogen and oxygen atoms in total. The van der Waals surface area contributed by atoms with Crippen LogP contribution in [0.25, 0.3) is 0 Å². The number of hydrogen-bond donors (Lipinski definition) is 0. The van der Waals surface area contributed by atoms with Crippen LogP contribution in [0.15, 0.2) is 39.5 Å². The average molecular weight is 219 g/mol. The largest absolute Gasteiger partial charge is 0.234 e. The standard InChI is InChI=1S/C10H7ClN4/c11-8-3-1-2-7(6-8)10-13-9(4-5-12)14-15-10/h1-3,6,10H,4H2/t10-/m0/s1. The minimum Gasteiger partial charge on any atom is -0.234 e. The molecule has 1 aromatic rings. The van der Waals surface area contributed by atoms with Gasteiger partial charge in [-0.3, -0.25) is 0 Å². The van der Waals surface area contributed by atoms with E-state index in [2.05, 4.69) is 15.2 Å². The van der Waals surface area contributed by atoms with Crippen LogP contribution in [0.5, 0.6) is 0 Å². The van der Waals surface area contributed by atoms with Crippen LogP contribution in [0.2, 0.25) is 5.02 Å². The molecule has 0 spiro atoms. The van der Waals surface area contributed by atoms with E-state index in [1.165, 1.54) is 0 Å². The SMILES string of the molecule is N#CCC1=N[C@H](c2cccc(Cl)c2)N=N1. The van der Waals surface area contributed by atoms with E-state index in [0.29, 0.717) is 10.9 Å². The highest BCUT2D eigenvalue weighted by Crippen LogP contribution is 2.26. The predicted molar refractivity (Wildman–Crippen MR) is 56.7 cm³/mol. The molecule has 0 saturated carbocycles. The Bertz CT molecular complexity index is 473. The number of hydrogen-bond acceptors (Lipinski definition) is 4. The molecule has 5 heteroatoms. The van der Waals surface area contributed by atoms with E-state index in [1.54, 1.807) is 12.1 Å². The first-order valence-corrected chi connectivity index (χ1v) is 4.77. The van der Waals surface area contributed by atoms with Crippen molar-refractivity contribution in [3.05, 3.63) is 34.9 Å². The lowest BCUT2D eigenvalue weighted by molar-refractivity contribution is 0.771. The van der Waals surface area contributed by atoms with Crippen LogP contribution >= 0.6 is 11.6 Å². The summed E-state index contributed by atoms with van der Waals surface area (Å²) in [7, 11) is 0. The molecule has 2 rings (SSSR count). The summed E-state index contributed by atoms with van der Waals surface area (Å²) < 4.78 is 0. The summed E-state index contributed by atoms with van der Waals surface area (Å²) in [6.45, 7) is 0. The Hall–Kier alpha value is -1.73. The Balaban J connectivity index is 2.22. The molecule has 0 saturated heterocycles. The highest BCUT2D eigenvalue weighted by atomic mass is 35.5. The number of rotatable bonds is 2. The minimum atomic E-state index is -0.341. The van der Waals surface area contributed by atoms with Gasteiger partial charge in [0.25, 0.3) is 0 Å². The summed E-state index contributed by atoms with van der Waals surface area (Å²) in [5, 5.41) is 16.9. The van der Waals surface area contributed by atoms with Crippen molar-refractivity contribution in [2.24, 2.45) is 15.2 Å². The zero-order chi connectivity index (χ0) is 10.7. The highest BCUT2D eigenvalue weighted by molar-refractivity contribution is 6.30. The van der Waals surface area contributed by atoms with E-state index in [4.69, 9.17) is 16.9 Å². The molecule has 1 aliphatic heterocycles. The topological polar surface area (TPSA) is 60.9 Å². The molecule has 1 aliphatic rings. The normalized spacial score (nSPS) is 18.7. The number of halogens is 1. The molecular weight excluding hydrogens is 212 g/mol. The van der Waals surface area contributed by atoms with E-state index >= 15 is 0 Å². The van der Waals surface area contributed by atoms with Crippen molar-refractivity contribution < 1.29 is 0 Å². The van der Waals surface area contributed by atoms with Crippen molar-refractivity contribution in [2.45, 2.75) is 12.6 Å². The molecule has 1 heterocycles. The number of amidine groups is 1. The van der Waals surface area contributed by atoms with Crippen LogP contribution < -0.4 is 0 Å². The van der Waals surface area contributed by atoms with E-state index in [9.17, 15) is 0 Å². The third-order valence-electron chi connectivity index (χ3n) is 1.94. The molecule has 1 aromatic carbocycles. The van der Waals surface area contributed by atoms with Gasteiger partial charge in [0.1, 0.15) is 0 Å². The lowest BCUT2D eigenvalue weighted by atomic mass is 10.2. The lowest BCUT2D eigenvalue weighted by Crippen LogP contribution is -1.90.